The summed E-state index contributed by atoms with van der Waals surface area (Å²) in [4.78, 5) is 32.1. The van der Waals surface area contributed by atoms with E-state index in [4.69, 9.17) is 4.74 Å². The molecule has 1 aromatic carbocycles. The van der Waals surface area contributed by atoms with Gasteiger partial charge in [0.15, 0.2) is 0 Å². The largest absolute Gasteiger partial charge is 0.381 e. The van der Waals surface area contributed by atoms with E-state index in [1.165, 1.54) is 32.1 Å². The van der Waals surface area contributed by atoms with E-state index in [2.05, 4.69) is 20.3 Å². The first kappa shape index (κ1) is 26.2. The zero-order valence-corrected chi connectivity index (χ0v) is 22.5. The normalized spacial score (nSPS) is 20.8. The summed E-state index contributed by atoms with van der Waals surface area (Å²) in [6, 6.07) is 4.08. The van der Waals surface area contributed by atoms with Crippen LogP contribution in [0.5, 0.6) is 0 Å². The van der Waals surface area contributed by atoms with Crippen LogP contribution in [0.3, 0.4) is 0 Å². The lowest BCUT2D eigenvalue weighted by Crippen LogP contribution is -2.55. The van der Waals surface area contributed by atoms with Crippen molar-refractivity contribution in [2.45, 2.75) is 76.3 Å². The van der Waals surface area contributed by atoms with Crippen molar-refractivity contribution in [2.24, 2.45) is 0 Å². The quantitative estimate of drug-likeness (QED) is 0.510. The summed E-state index contributed by atoms with van der Waals surface area (Å²) in [5.41, 5.74) is 3.05. The Bertz CT molecular complexity index is 1330. The fourth-order valence-electron chi connectivity index (χ4n) is 6.79. The van der Waals surface area contributed by atoms with Gasteiger partial charge in [-0.3, -0.25) is 19.2 Å². The molecule has 4 heterocycles. The zero-order valence-electron chi connectivity index (χ0n) is 21.7. The summed E-state index contributed by atoms with van der Waals surface area (Å²) in [7, 11) is 0. The number of pyridine rings is 1. The van der Waals surface area contributed by atoms with Crippen molar-refractivity contribution in [1.82, 2.24) is 25.0 Å². The molecule has 200 valence electrons. The van der Waals surface area contributed by atoms with Gasteiger partial charge in [-0.1, -0.05) is 19.3 Å². The van der Waals surface area contributed by atoms with Crippen molar-refractivity contribution < 1.29 is 9.53 Å². The van der Waals surface area contributed by atoms with Gasteiger partial charge in [0.25, 0.3) is 11.5 Å². The second-order valence-corrected chi connectivity index (χ2v) is 11.0. The summed E-state index contributed by atoms with van der Waals surface area (Å²) >= 11 is 0. The predicted octanol–water partition coefficient (Wildman–Crippen LogP) is 4.49. The van der Waals surface area contributed by atoms with Crippen molar-refractivity contribution >= 4 is 40.1 Å². The topological polar surface area (TPSA) is 92.2 Å². The van der Waals surface area contributed by atoms with E-state index >= 15 is 0 Å². The Balaban J connectivity index is 0.00000280. The molecule has 0 radical (unpaired) electrons. The maximum atomic E-state index is 13.6. The van der Waals surface area contributed by atoms with Crippen LogP contribution in [0.2, 0.25) is 0 Å². The highest BCUT2D eigenvalue weighted by atomic mass is 35.5. The molecule has 37 heavy (non-hydrogen) atoms. The number of aryl methyl sites for hydroxylation is 1. The number of benzene rings is 1. The second kappa shape index (κ2) is 10.8. The van der Waals surface area contributed by atoms with Crippen LogP contribution in [0.1, 0.15) is 79.8 Å². The molecule has 3 aromatic rings. The number of halogens is 1. The Hall–Kier alpha value is -2.42. The maximum absolute atomic E-state index is 13.6. The molecule has 3 fully saturated rings. The van der Waals surface area contributed by atoms with Gasteiger partial charge in [0, 0.05) is 36.2 Å². The standard InChI is InChI=1S/C28H37N5O3.ClH/c1-19-15-24-22(25-23(27(35)31-24)17-30-33(25)20-7-13-36-14-8-20)16-21(19)26(34)29-18-28(9-3-2-4-10-28)32-11-5-6-12-32;/h15-17,20H,2-14,18H2,1H3,(H,29,34)(H,31,35);1H. The van der Waals surface area contributed by atoms with Gasteiger partial charge in [-0.05, 0) is 76.2 Å². The fraction of sp³-hybridized carbons (Fsp3) is 0.607. The van der Waals surface area contributed by atoms with Gasteiger partial charge in [0.2, 0.25) is 0 Å². The van der Waals surface area contributed by atoms with E-state index in [0.29, 0.717) is 30.7 Å². The third-order valence-electron chi connectivity index (χ3n) is 8.83. The number of nitrogens with one attached hydrogen (secondary N) is 2. The smallest absolute Gasteiger partial charge is 0.259 e. The number of rotatable bonds is 5. The SMILES string of the molecule is Cc1cc2[nH]c(=O)c3cnn(C4CCOCC4)c3c2cc1C(=O)NCC1(N2CCCC2)CCCCC1.Cl. The zero-order chi connectivity index (χ0) is 24.7. The molecule has 2 N–H and O–H groups in total. The minimum Gasteiger partial charge on any atom is -0.381 e. The Morgan fingerprint density at radius 2 is 1.84 bits per heavy atom. The first-order valence-corrected chi connectivity index (χ1v) is 13.7. The molecule has 2 aliphatic heterocycles. The van der Waals surface area contributed by atoms with E-state index < -0.39 is 0 Å². The summed E-state index contributed by atoms with van der Waals surface area (Å²) in [6.07, 6.45) is 12.0. The number of H-pyrrole nitrogens is 1. The molecule has 2 saturated heterocycles. The van der Waals surface area contributed by atoms with E-state index in [1.54, 1.807) is 6.20 Å². The second-order valence-electron chi connectivity index (χ2n) is 11.0. The monoisotopic (exact) mass is 527 g/mol. The van der Waals surface area contributed by atoms with Crippen LogP contribution in [-0.4, -0.2) is 64.0 Å². The van der Waals surface area contributed by atoms with Crippen molar-refractivity contribution in [2.75, 3.05) is 32.8 Å². The highest BCUT2D eigenvalue weighted by Gasteiger charge is 2.39. The third kappa shape index (κ3) is 4.79. The summed E-state index contributed by atoms with van der Waals surface area (Å²) in [5.74, 6) is -0.0324. The van der Waals surface area contributed by atoms with E-state index in [0.717, 1.165) is 60.8 Å². The van der Waals surface area contributed by atoms with Gasteiger partial charge in [-0.25, -0.2) is 0 Å². The van der Waals surface area contributed by atoms with Gasteiger partial charge < -0.3 is 15.0 Å². The van der Waals surface area contributed by atoms with Crippen molar-refractivity contribution in [3.63, 3.8) is 0 Å². The number of ether oxygens (including phenoxy) is 1. The maximum Gasteiger partial charge on any atom is 0.259 e. The molecule has 1 aliphatic carbocycles. The molecule has 0 bridgehead atoms. The number of likely N-dealkylation sites (tertiary alicyclic amines) is 1. The molecule has 1 saturated carbocycles. The lowest BCUT2D eigenvalue weighted by molar-refractivity contribution is 0.0652. The highest BCUT2D eigenvalue weighted by Crippen LogP contribution is 2.36. The molecule has 1 amide bonds. The van der Waals surface area contributed by atoms with Crippen LogP contribution < -0.4 is 10.9 Å². The predicted molar refractivity (Wildman–Crippen MR) is 148 cm³/mol. The highest BCUT2D eigenvalue weighted by molar-refractivity contribution is 6.07. The lowest BCUT2D eigenvalue weighted by Gasteiger charge is -2.45. The third-order valence-corrected chi connectivity index (χ3v) is 8.83. The van der Waals surface area contributed by atoms with Crippen LogP contribution in [0, 0.1) is 6.92 Å². The number of nitrogens with zero attached hydrogens (tertiary/aromatic N) is 3. The first-order valence-electron chi connectivity index (χ1n) is 13.7. The molecule has 0 atom stereocenters. The molecular weight excluding hydrogens is 490 g/mol. The Labute approximate surface area is 223 Å². The minimum absolute atomic E-state index is 0. The van der Waals surface area contributed by atoms with E-state index in [-0.39, 0.29) is 35.5 Å². The number of hydrogen-bond acceptors (Lipinski definition) is 5. The number of amides is 1. The lowest BCUT2D eigenvalue weighted by atomic mass is 9.80. The van der Waals surface area contributed by atoms with Gasteiger partial charge >= 0.3 is 0 Å². The molecule has 0 unspecified atom stereocenters. The number of fused-ring (bicyclic) bond motifs is 3. The number of aromatic nitrogens is 3. The van der Waals surface area contributed by atoms with Gasteiger partial charge in [0.1, 0.15) is 0 Å². The fourth-order valence-corrected chi connectivity index (χ4v) is 6.79. The molecule has 9 heteroatoms. The van der Waals surface area contributed by atoms with Crippen LogP contribution in [-0.2, 0) is 4.74 Å². The first-order chi connectivity index (χ1) is 17.6. The molecular formula is C28H38ClN5O3. The molecule has 8 nitrogen and oxygen atoms in total. The Morgan fingerprint density at radius 3 is 2.57 bits per heavy atom. The summed E-state index contributed by atoms with van der Waals surface area (Å²) in [6.45, 7) is 6.32. The number of hydrogen-bond donors (Lipinski definition) is 2. The van der Waals surface area contributed by atoms with Crippen molar-refractivity contribution in [1.29, 1.82) is 0 Å². The van der Waals surface area contributed by atoms with Crippen molar-refractivity contribution in [3.05, 3.63) is 39.8 Å². The molecule has 6 rings (SSSR count). The van der Waals surface area contributed by atoms with Crippen LogP contribution in [0.15, 0.2) is 23.1 Å². The molecule has 2 aromatic heterocycles. The van der Waals surface area contributed by atoms with Gasteiger partial charge in [0.05, 0.1) is 28.7 Å². The average molecular weight is 528 g/mol. The molecule has 3 aliphatic rings. The van der Waals surface area contributed by atoms with Crippen molar-refractivity contribution in [3.8, 4) is 0 Å². The number of aromatic amines is 1. The van der Waals surface area contributed by atoms with E-state index in [1.807, 2.05) is 23.7 Å². The van der Waals surface area contributed by atoms with Crippen LogP contribution >= 0.6 is 12.4 Å². The van der Waals surface area contributed by atoms with Crippen LogP contribution in [0.25, 0.3) is 21.8 Å². The van der Waals surface area contributed by atoms with Crippen LogP contribution in [0.4, 0.5) is 0 Å². The van der Waals surface area contributed by atoms with Gasteiger partial charge in [-0.15, -0.1) is 12.4 Å². The number of carbonyl (C=O) groups is 1. The summed E-state index contributed by atoms with van der Waals surface area (Å²) < 4.78 is 7.53. The van der Waals surface area contributed by atoms with E-state index in [9.17, 15) is 9.59 Å². The Morgan fingerprint density at radius 1 is 1.11 bits per heavy atom. The number of carbonyl (C=O) groups excluding carboxylic acids is 1. The average Bonchev–Trinajstić information content (AvgIpc) is 3.60. The molecule has 0 spiro atoms. The summed E-state index contributed by atoms with van der Waals surface area (Å²) in [5, 5.41) is 9.38. The minimum atomic E-state index is -0.141. The Kier molecular flexibility index (Phi) is 7.61. The van der Waals surface area contributed by atoms with Gasteiger partial charge in [-0.2, -0.15) is 5.10 Å².